The van der Waals surface area contributed by atoms with Crippen LogP contribution in [0.1, 0.15) is 5.76 Å². The van der Waals surface area contributed by atoms with Crippen molar-refractivity contribution in [2.45, 2.75) is 6.92 Å². The van der Waals surface area contributed by atoms with Crippen molar-refractivity contribution in [3.8, 4) is 17.2 Å². The zero-order chi connectivity index (χ0) is 15.2. The van der Waals surface area contributed by atoms with Crippen LogP contribution >= 0.6 is 0 Å². The average molecular weight is 292 g/mol. The van der Waals surface area contributed by atoms with Crippen molar-refractivity contribution in [2.24, 2.45) is 0 Å². The number of rotatable bonds is 6. The number of nitrogens with one attached hydrogen (secondary N) is 1. The number of carbonyl (C=O) groups excluding carboxylic acids is 1. The molecule has 0 atom stereocenters. The number of ether oxygens (including phenoxy) is 3. The summed E-state index contributed by atoms with van der Waals surface area (Å²) in [4.78, 5) is 11.7. The Kier molecular flexibility index (Phi) is 4.65. The predicted octanol–water partition coefficient (Wildman–Crippen LogP) is 2.02. The van der Waals surface area contributed by atoms with Gasteiger partial charge in [0.1, 0.15) is 11.5 Å². The van der Waals surface area contributed by atoms with Crippen molar-refractivity contribution in [1.82, 2.24) is 5.16 Å². The van der Waals surface area contributed by atoms with E-state index in [9.17, 15) is 4.79 Å². The van der Waals surface area contributed by atoms with E-state index >= 15 is 0 Å². The quantitative estimate of drug-likeness (QED) is 0.877. The highest BCUT2D eigenvalue weighted by Gasteiger charge is 2.10. The minimum Gasteiger partial charge on any atom is -0.497 e. The molecule has 1 heterocycles. The Hall–Kier alpha value is -2.70. The van der Waals surface area contributed by atoms with E-state index in [4.69, 9.17) is 18.7 Å². The van der Waals surface area contributed by atoms with Crippen molar-refractivity contribution in [3.05, 3.63) is 30.0 Å². The number of hydrogen-bond donors (Lipinski definition) is 1. The van der Waals surface area contributed by atoms with Gasteiger partial charge in [0.25, 0.3) is 5.91 Å². The maximum Gasteiger partial charge on any atom is 0.263 e. The molecule has 21 heavy (non-hydrogen) atoms. The molecule has 0 aliphatic heterocycles. The highest BCUT2D eigenvalue weighted by atomic mass is 16.5. The molecule has 0 fully saturated rings. The summed E-state index contributed by atoms with van der Waals surface area (Å²) in [6.07, 6.45) is 0. The van der Waals surface area contributed by atoms with E-state index in [1.807, 2.05) is 0 Å². The highest BCUT2D eigenvalue weighted by Crippen LogP contribution is 2.31. The SMILES string of the molecule is COc1ccc(OCC(=O)Nc2cc(C)on2)c(OC)c1. The molecule has 2 aromatic rings. The molecule has 0 saturated heterocycles. The third-order valence-electron chi connectivity index (χ3n) is 2.63. The number of aryl methyl sites for hydroxylation is 1. The number of methoxy groups -OCH3 is 2. The van der Waals surface area contributed by atoms with Gasteiger partial charge in [-0.15, -0.1) is 0 Å². The van der Waals surface area contributed by atoms with Crippen molar-refractivity contribution < 1.29 is 23.5 Å². The molecule has 1 aromatic heterocycles. The molecular weight excluding hydrogens is 276 g/mol. The van der Waals surface area contributed by atoms with Crippen LogP contribution in [0, 0.1) is 6.92 Å². The monoisotopic (exact) mass is 292 g/mol. The van der Waals surface area contributed by atoms with Crippen LogP contribution in [0.4, 0.5) is 5.82 Å². The van der Waals surface area contributed by atoms with Crippen molar-refractivity contribution in [3.63, 3.8) is 0 Å². The van der Waals surface area contributed by atoms with E-state index in [0.29, 0.717) is 28.8 Å². The molecule has 1 amide bonds. The van der Waals surface area contributed by atoms with Crippen molar-refractivity contribution in [1.29, 1.82) is 0 Å². The first-order valence-corrected chi connectivity index (χ1v) is 6.20. The highest BCUT2D eigenvalue weighted by molar-refractivity contribution is 5.90. The van der Waals surface area contributed by atoms with E-state index in [2.05, 4.69) is 10.5 Å². The molecule has 1 N–H and O–H groups in total. The molecule has 1 aromatic carbocycles. The second-order valence-corrected chi connectivity index (χ2v) is 4.18. The zero-order valence-corrected chi connectivity index (χ0v) is 12.0. The molecule has 0 spiro atoms. The molecule has 0 unspecified atom stereocenters. The summed E-state index contributed by atoms with van der Waals surface area (Å²) >= 11 is 0. The molecule has 0 bridgehead atoms. The first kappa shape index (κ1) is 14.7. The zero-order valence-electron chi connectivity index (χ0n) is 12.0. The Morgan fingerprint density at radius 3 is 2.67 bits per heavy atom. The van der Waals surface area contributed by atoms with E-state index in [1.165, 1.54) is 7.11 Å². The normalized spacial score (nSPS) is 10.0. The fourth-order valence-corrected chi connectivity index (χ4v) is 1.64. The van der Waals surface area contributed by atoms with Gasteiger partial charge in [-0.05, 0) is 19.1 Å². The van der Waals surface area contributed by atoms with Crippen LogP contribution in [-0.2, 0) is 4.79 Å². The topological polar surface area (TPSA) is 82.8 Å². The Labute approximate surface area is 121 Å². The number of benzene rings is 1. The van der Waals surface area contributed by atoms with E-state index in [0.717, 1.165) is 0 Å². The molecular formula is C14H16N2O5. The van der Waals surface area contributed by atoms with Gasteiger partial charge in [-0.25, -0.2) is 0 Å². The van der Waals surface area contributed by atoms with Crippen LogP contribution in [0.25, 0.3) is 0 Å². The number of anilines is 1. The van der Waals surface area contributed by atoms with Gasteiger partial charge in [-0.1, -0.05) is 5.16 Å². The fourth-order valence-electron chi connectivity index (χ4n) is 1.64. The maximum atomic E-state index is 11.7. The smallest absolute Gasteiger partial charge is 0.263 e. The van der Waals surface area contributed by atoms with E-state index in [1.54, 1.807) is 38.3 Å². The van der Waals surface area contributed by atoms with Gasteiger partial charge in [-0.3, -0.25) is 4.79 Å². The van der Waals surface area contributed by atoms with Crippen LogP contribution in [0.3, 0.4) is 0 Å². The fraction of sp³-hybridized carbons (Fsp3) is 0.286. The lowest BCUT2D eigenvalue weighted by Gasteiger charge is -2.11. The Morgan fingerprint density at radius 2 is 2.05 bits per heavy atom. The average Bonchev–Trinajstić information content (AvgIpc) is 2.90. The first-order valence-electron chi connectivity index (χ1n) is 6.20. The summed E-state index contributed by atoms with van der Waals surface area (Å²) in [6, 6.07) is 6.68. The van der Waals surface area contributed by atoms with Gasteiger partial charge in [-0.2, -0.15) is 0 Å². The van der Waals surface area contributed by atoms with Gasteiger partial charge in [0.05, 0.1) is 14.2 Å². The van der Waals surface area contributed by atoms with Crippen LogP contribution in [0.2, 0.25) is 0 Å². The van der Waals surface area contributed by atoms with Gasteiger partial charge in [0, 0.05) is 12.1 Å². The summed E-state index contributed by atoms with van der Waals surface area (Å²) in [5.74, 6) is 2.19. The summed E-state index contributed by atoms with van der Waals surface area (Å²) in [7, 11) is 3.07. The second kappa shape index (κ2) is 6.65. The van der Waals surface area contributed by atoms with Gasteiger partial charge in [0.15, 0.2) is 23.9 Å². The summed E-state index contributed by atoms with van der Waals surface area (Å²) in [6.45, 7) is 1.57. The summed E-state index contributed by atoms with van der Waals surface area (Å²) in [5.41, 5.74) is 0. The number of carbonyl (C=O) groups is 1. The lowest BCUT2D eigenvalue weighted by Crippen LogP contribution is -2.20. The summed E-state index contributed by atoms with van der Waals surface area (Å²) in [5, 5.41) is 6.22. The molecule has 0 radical (unpaired) electrons. The van der Waals surface area contributed by atoms with Gasteiger partial charge in [0.2, 0.25) is 0 Å². The van der Waals surface area contributed by atoms with Crippen molar-refractivity contribution in [2.75, 3.05) is 26.1 Å². The number of nitrogens with zero attached hydrogens (tertiary/aromatic N) is 1. The molecule has 0 aliphatic carbocycles. The number of hydrogen-bond acceptors (Lipinski definition) is 6. The van der Waals surface area contributed by atoms with E-state index in [-0.39, 0.29) is 12.5 Å². The van der Waals surface area contributed by atoms with E-state index < -0.39 is 0 Å². The van der Waals surface area contributed by atoms with Crippen LogP contribution < -0.4 is 19.5 Å². The second-order valence-electron chi connectivity index (χ2n) is 4.18. The lowest BCUT2D eigenvalue weighted by atomic mass is 10.3. The van der Waals surface area contributed by atoms with Crippen LogP contribution in [0.5, 0.6) is 17.2 Å². The Bertz CT molecular complexity index is 624. The Morgan fingerprint density at radius 1 is 1.24 bits per heavy atom. The Balaban J connectivity index is 1.94. The molecule has 0 aliphatic rings. The minimum atomic E-state index is -0.346. The minimum absolute atomic E-state index is 0.172. The molecule has 2 rings (SSSR count). The predicted molar refractivity (Wildman–Crippen MR) is 74.9 cm³/mol. The summed E-state index contributed by atoms with van der Waals surface area (Å²) < 4.78 is 20.5. The van der Waals surface area contributed by atoms with Gasteiger partial charge < -0.3 is 24.1 Å². The van der Waals surface area contributed by atoms with Crippen LogP contribution in [0.15, 0.2) is 28.8 Å². The van der Waals surface area contributed by atoms with Gasteiger partial charge >= 0.3 is 0 Å². The molecule has 112 valence electrons. The first-order chi connectivity index (χ1) is 10.1. The third-order valence-corrected chi connectivity index (χ3v) is 2.63. The molecule has 7 heteroatoms. The standard InChI is InChI=1S/C14H16N2O5/c1-9-6-13(16-21-9)15-14(17)8-20-11-5-4-10(18-2)7-12(11)19-3/h4-7H,8H2,1-3H3,(H,15,16,17). The number of amides is 1. The van der Waals surface area contributed by atoms with Crippen LogP contribution in [-0.4, -0.2) is 31.9 Å². The molecule has 0 saturated carbocycles. The largest absolute Gasteiger partial charge is 0.497 e. The molecule has 7 nitrogen and oxygen atoms in total. The lowest BCUT2D eigenvalue weighted by molar-refractivity contribution is -0.118. The van der Waals surface area contributed by atoms with Crippen molar-refractivity contribution >= 4 is 11.7 Å². The third kappa shape index (κ3) is 3.88. The number of aromatic nitrogens is 1. The maximum absolute atomic E-state index is 11.7.